The number of nitrogens with one attached hydrogen (secondary N) is 1. The average Bonchev–Trinajstić information content (AvgIpc) is 3.59. The van der Waals surface area contributed by atoms with Crippen LogP contribution < -0.4 is 15.6 Å². The third-order valence-corrected chi connectivity index (χ3v) is 6.81. The summed E-state index contributed by atoms with van der Waals surface area (Å²) in [4.78, 5) is 27.5. The number of hydrogen-bond acceptors (Lipinski definition) is 4. The van der Waals surface area contributed by atoms with Gasteiger partial charge in [0.1, 0.15) is 17.2 Å². The quantitative estimate of drug-likeness (QED) is 0.520. The van der Waals surface area contributed by atoms with E-state index >= 15 is 4.39 Å². The van der Waals surface area contributed by atoms with Gasteiger partial charge < -0.3 is 19.9 Å². The zero-order valence-corrected chi connectivity index (χ0v) is 19.3. The molecule has 1 unspecified atom stereocenters. The number of aromatic nitrogens is 1. The lowest BCUT2D eigenvalue weighted by Crippen LogP contribution is -2.48. The summed E-state index contributed by atoms with van der Waals surface area (Å²) in [5.41, 5.74) is 0.136. The van der Waals surface area contributed by atoms with Gasteiger partial charge in [0, 0.05) is 41.2 Å². The normalized spacial score (nSPS) is 18.8. The fourth-order valence-electron chi connectivity index (χ4n) is 4.50. The van der Waals surface area contributed by atoms with Gasteiger partial charge in [0.05, 0.1) is 10.9 Å². The van der Waals surface area contributed by atoms with Crippen molar-refractivity contribution in [1.29, 1.82) is 0 Å². The molecule has 0 radical (unpaired) electrons. The third-order valence-electron chi connectivity index (χ3n) is 6.07. The van der Waals surface area contributed by atoms with Crippen molar-refractivity contribution in [3.63, 3.8) is 0 Å². The zero-order valence-electron chi connectivity index (χ0n) is 16.9. The maximum atomic E-state index is 15.1. The van der Waals surface area contributed by atoms with Gasteiger partial charge in [-0.2, -0.15) is 0 Å². The van der Waals surface area contributed by atoms with Crippen molar-refractivity contribution >= 4 is 50.2 Å². The van der Waals surface area contributed by atoms with Gasteiger partial charge in [-0.05, 0) is 42.7 Å². The summed E-state index contributed by atoms with van der Waals surface area (Å²) in [5.74, 6) is -1.66. The Kier molecular flexibility index (Phi) is 5.47. The first-order valence-electron chi connectivity index (χ1n) is 10.4. The molecular weight excluding hydrogens is 501 g/mol. The molecule has 0 amide bonds. The highest BCUT2D eigenvalue weighted by molar-refractivity contribution is 9.10. The van der Waals surface area contributed by atoms with Gasteiger partial charge in [-0.15, -0.1) is 0 Å². The van der Waals surface area contributed by atoms with Crippen LogP contribution >= 0.6 is 27.5 Å². The van der Waals surface area contributed by atoms with Gasteiger partial charge >= 0.3 is 5.97 Å². The predicted molar refractivity (Wildman–Crippen MR) is 126 cm³/mol. The average molecular weight is 521 g/mol. The van der Waals surface area contributed by atoms with Crippen LogP contribution in [0.3, 0.4) is 0 Å². The molecule has 1 saturated heterocycles. The first-order valence-corrected chi connectivity index (χ1v) is 11.6. The van der Waals surface area contributed by atoms with Gasteiger partial charge in [0.15, 0.2) is 0 Å². The second-order valence-corrected chi connectivity index (χ2v) is 9.57. The molecule has 1 saturated carbocycles. The van der Waals surface area contributed by atoms with Crippen LogP contribution in [0.25, 0.3) is 10.9 Å². The van der Waals surface area contributed by atoms with E-state index in [0.29, 0.717) is 19.6 Å². The molecule has 1 aliphatic heterocycles. The first-order chi connectivity index (χ1) is 15.3. The van der Waals surface area contributed by atoms with E-state index in [9.17, 15) is 14.7 Å². The first kappa shape index (κ1) is 21.4. The third kappa shape index (κ3) is 3.70. The lowest BCUT2D eigenvalue weighted by Gasteiger charge is -2.38. The summed E-state index contributed by atoms with van der Waals surface area (Å²) in [6.07, 6.45) is 1.60. The molecule has 2 heterocycles. The number of carbonyl (C=O) groups is 1. The standard InChI is InChI=1S/C23H20BrClFN3O3/c24-13-3-1-12(2-4-13)18-11-28(8-7-27-18)22-19(23(31)32)21(30)16-9-14(25)10-17(26)20(16)29(22)15-5-6-15/h1-4,9-10,15,18,27H,5-8,11H2,(H,31,32). The van der Waals surface area contributed by atoms with E-state index in [-0.39, 0.29) is 39.4 Å². The second kappa shape index (κ2) is 8.17. The molecule has 0 bridgehead atoms. The van der Waals surface area contributed by atoms with Gasteiger partial charge in [-0.3, -0.25) is 4.79 Å². The number of nitrogens with zero attached hydrogens (tertiary/aromatic N) is 2. The van der Waals surface area contributed by atoms with E-state index in [2.05, 4.69) is 21.2 Å². The SMILES string of the molecule is O=C(O)c1c(N2CCNC(c3ccc(Br)cc3)C2)n(C2CC2)c2c(F)cc(Cl)cc2c1=O. The van der Waals surface area contributed by atoms with Crippen LogP contribution in [0.4, 0.5) is 10.2 Å². The van der Waals surface area contributed by atoms with Crippen LogP contribution in [-0.4, -0.2) is 35.3 Å². The van der Waals surface area contributed by atoms with E-state index in [4.69, 9.17) is 11.6 Å². The largest absolute Gasteiger partial charge is 0.477 e. The molecule has 2 N–H and O–H groups in total. The molecule has 166 valence electrons. The zero-order chi connectivity index (χ0) is 22.6. The maximum Gasteiger partial charge on any atom is 0.343 e. The summed E-state index contributed by atoms with van der Waals surface area (Å²) in [6.45, 7) is 1.55. The lowest BCUT2D eigenvalue weighted by molar-refractivity contribution is 0.0695. The van der Waals surface area contributed by atoms with Crippen LogP contribution in [0.5, 0.6) is 0 Å². The van der Waals surface area contributed by atoms with Crippen LogP contribution in [0.2, 0.25) is 5.02 Å². The van der Waals surface area contributed by atoms with Crippen molar-refractivity contribution in [3.05, 3.63) is 73.1 Å². The highest BCUT2D eigenvalue weighted by Crippen LogP contribution is 2.43. The highest BCUT2D eigenvalue weighted by atomic mass is 79.9. The number of carboxylic acids is 1. The molecule has 2 fully saturated rings. The van der Waals surface area contributed by atoms with Crippen LogP contribution in [-0.2, 0) is 0 Å². The Balaban J connectivity index is 1.71. The lowest BCUT2D eigenvalue weighted by atomic mass is 10.0. The predicted octanol–water partition coefficient (Wildman–Crippen LogP) is 4.74. The van der Waals surface area contributed by atoms with Crippen molar-refractivity contribution in [2.24, 2.45) is 0 Å². The number of rotatable bonds is 4. The van der Waals surface area contributed by atoms with Crippen molar-refractivity contribution in [3.8, 4) is 0 Å². The Morgan fingerprint density at radius 1 is 1.22 bits per heavy atom. The molecule has 1 aromatic heterocycles. The van der Waals surface area contributed by atoms with Crippen LogP contribution in [0.1, 0.15) is 40.8 Å². The molecule has 6 nitrogen and oxygen atoms in total. The molecule has 5 rings (SSSR count). The number of halogens is 3. The Bertz CT molecular complexity index is 1290. The van der Waals surface area contributed by atoms with Crippen molar-refractivity contribution in [2.45, 2.75) is 24.9 Å². The second-order valence-electron chi connectivity index (χ2n) is 8.22. The molecule has 1 atom stereocenters. The summed E-state index contributed by atoms with van der Waals surface area (Å²) >= 11 is 9.44. The van der Waals surface area contributed by atoms with E-state index in [1.807, 2.05) is 29.2 Å². The maximum absolute atomic E-state index is 15.1. The van der Waals surface area contributed by atoms with Gasteiger partial charge in [0.2, 0.25) is 5.43 Å². The van der Waals surface area contributed by atoms with E-state index < -0.39 is 17.2 Å². The number of carboxylic acid groups (broad SMARTS) is 1. The topological polar surface area (TPSA) is 74.6 Å². The van der Waals surface area contributed by atoms with Crippen molar-refractivity contribution in [2.75, 3.05) is 24.5 Å². The molecule has 0 spiro atoms. The van der Waals surface area contributed by atoms with E-state index in [1.54, 1.807) is 4.57 Å². The summed E-state index contributed by atoms with van der Waals surface area (Å²) in [7, 11) is 0. The molecular formula is C23H20BrClFN3O3. The molecule has 2 aliphatic rings. The number of aromatic carboxylic acids is 1. The van der Waals surface area contributed by atoms with Crippen LogP contribution in [0, 0.1) is 5.82 Å². The molecule has 1 aliphatic carbocycles. The minimum absolute atomic E-state index is 0.00245. The van der Waals surface area contributed by atoms with E-state index in [1.165, 1.54) is 12.1 Å². The number of piperazine rings is 1. The fourth-order valence-corrected chi connectivity index (χ4v) is 4.97. The monoisotopic (exact) mass is 519 g/mol. The molecule has 32 heavy (non-hydrogen) atoms. The number of pyridine rings is 1. The minimum atomic E-state index is -1.32. The molecule has 2 aromatic carbocycles. The summed E-state index contributed by atoms with van der Waals surface area (Å²) in [6, 6.07) is 10.3. The fraction of sp³-hybridized carbons (Fsp3) is 0.304. The van der Waals surface area contributed by atoms with E-state index in [0.717, 1.165) is 22.9 Å². The van der Waals surface area contributed by atoms with Crippen molar-refractivity contribution < 1.29 is 14.3 Å². The smallest absolute Gasteiger partial charge is 0.343 e. The van der Waals surface area contributed by atoms with Gasteiger partial charge in [-0.1, -0.05) is 39.7 Å². The van der Waals surface area contributed by atoms with Gasteiger partial charge in [0.25, 0.3) is 0 Å². The minimum Gasteiger partial charge on any atom is -0.477 e. The Morgan fingerprint density at radius 3 is 2.59 bits per heavy atom. The molecule has 9 heteroatoms. The summed E-state index contributed by atoms with van der Waals surface area (Å²) in [5, 5.41) is 13.6. The van der Waals surface area contributed by atoms with Crippen LogP contribution in [0.15, 0.2) is 45.7 Å². The Hall–Kier alpha value is -2.42. The van der Waals surface area contributed by atoms with Gasteiger partial charge in [-0.25, -0.2) is 9.18 Å². The number of hydrogen-bond donors (Lipinski definition) is 2. The number of anilines is 1. The summed E-state index contributed by atoms with van der Waals surface area (Å²) < 4.78 is 17.8. The Morgan fingerprint density at radius 2 is 1.94 bits per heavy atom. The number of benzene rings is 2. The van der Waals surface area contributed by atoms with Crippen molar-refractivity contribution in [1.82, 2.24) is 9.88 Å². The highest BCUT2D eigenvalue weighted by Gasteiger charge is 2.36. The Labute approximate surface area is 196 Å². The molecule has 3 aromatic rings. The number of fused-ring (bicyclic) bond motifs is 1.